The van der Waals surface area contributed by atoms with Crippen LogP contribution in [0.1, 0.15) is 15.9 Å². The molecule has 0 radical (unpaired) electrons. The number of hydrogen-bond donors (Lipinski definition) is 3. The highest BCUT2D eigenvalue weighted by molar-refractivity contribution is 6.34. The van der Waals surface area contributed by atoms with Gasteiger partial charge in [0.2, 0.25) is 0 Å². The number of nitrogen functional groups attached to an aromatic ring is 1. The van der Waals surface area contributed by atoms with Crippen molar-refractivity contribution < 1.29 is 4.79 Å². The molecular formula is C13H13ClN4O. The van der Waals surface area contributed by atoms with Crippen LogP contribution in [-0.2, 0) is 0 Å². The lowest BCUT2D eigenvalue weighted by atomic mass is 10.2. The van der Waals surface area contributed by atoms with E-state index in [2.05, 4.69) is 15.7 Å². The Hall–Kier alpha value is -2.11. The van der Waals surface area contributed by atoms with Gasteiger partial charge in [-0.25, -0.2) is 10.8 Å². The Bertz CT molecular complexity index is 615. The predicted molar refractivity (Wildman–Crippen MR) is 76.2 cm³/mol. The van der Waals surface area contributed by atoms with Gasteiger partial charge in [-0.2, -0.15) is 0 Å². The first-order valence-corrected chi connectivity index (χ1v) is 5.98. The van der Waals surface area contributed by atoms with E-state index in [0.717, 1.165) is 5.56 Å². The summed E-state index contributed by atoms with van der Waals surface area (Å²) in [6, 6.07) is 8.68. The summed E-state index contributed by atoms with van der Waals surface area (Å²) < 4.78 is 0. The standard InChI is InChI=1S/C13H13ClN4O/c1-8-4-5-11(10(14)7-8)17-13(19)9-3-2-6-16-12(9)18-15/h2-7H,15H2,1H3,(H,16,18)(H,17,19). The molecule has 0 unspecified atom stereocenters. The first-order chi connectivity index (χ1) is 9.11. The van der Waals surface area contributed by atoms with Crippen LogP contribution in [-0.4, -0.2) is 10.9 Å². The third-order valence-corrected chi connectivity index (χ3v) is 2.87. The van der Waals surface area contributed by atoms with Crippen LogP contribution < -0.4 is 16.6 Å². The molecule has 0 spiro atoms. The van der Waals surface area contributed by atoms with Crippen LogP contribution in [0.25, 0.3) is 0 Å². The maximum absolute atomic E-state index is 12.1. The summed E-state index contributed by atoms with van der Waals surface area (Å²) in [7, 11) is 0. The van der Waals surface area contributed by atoms with Crippen molar-refractivity contribution in [1.82, 2.24) is 4.98 Å². The summed E-state index contributed by atoms with van der Waals surface area (Å²) in [6.07, 6.45) is 1.55. The monoisotopic (exact) mass is 276 g/mol. The number of halogens is 1. The van der Waals surface area contributed by atoms with Crippen molar-refractivity contribution in [2.45, 2.75) is 6.92 Å². The average molecular weight is 277 g/mol. The molecule has 2 aromatic rings. The molecule has 1 aromatic heterocycles. The molecule has 0 saturated carbocycles. The Morgan fingerprint density at radius 1 is 1.37 bits per heavy atom. The maximum atomic E-state index is 12.1. The number of amides is 1. The number of anilines is 2. The number of nitrogens with two attached hydrogens (primary N) is 1. The van der Waals surface area contributed by atoms with E-state index in [1.807, 2.05) is 13.0 Å². The number of pyridine rings is 1. The molecule has 0 aliphatic carbocycles. The van der Waals surface area contributed by atoms with Crippen molar-refractivity contribution in [1.29, 1.82) is 0 Å². The van der Waals surface area contributed by atoms with Gasteiger partial charge in [0.05, 0.1) is 16.3 Å². The van der Waals surface area contributed by atoms with Crippen molar-refractivity contribution in [2.75, 3.05) is 10.7 Å². The number of aryl methyl sites for hydroxylation is 1. The molecule has 98 valence electrons. The number of hydrazine groups is 1. The van der Waals surface area contributed by atoms with Gasteiger partial charge < -0.3 is 10.7 Å². The summed E-state index contributed by atoms with van der Waals surface area (Å²) in [5, 5.41) is 3.21. The van der Waals surface area contributed by atoms with Crippen LogP contribution in [0.4, 0.5) is 11.5 Å². The molecule has 0 fully saturated rings. The Balaban J connectivity index is 2.26. The number of benzene rings is 1. The van der Waals surface area contributed by atoms with E-state index in [4.69, 9.17) is 17.4 Å². The van der Waals surface area contributed by atoms with Gasteiger partial charge in [0.15, 0.2) is 5.82 Å². The van der Waals surface area contributed by atoms with Gasteiger partial charge in [-0.3, -0.25) is 4.79 Å². The maximum Gasteiger partial charge on any atom is 0.259 e. The number of aromatic nitrogens is 1. The average Bonchev–Trinajstić information content (AvgIpc) is 2.41. The Morgan fingerprint density at radius 3 is 2.84 bits per heavy atom. The van der Waals surface area contributed by atoms with E-state index >= 15 is 0 Å². The van der Waals surface area contributed by atoms with E-state index in [0.29, 0.717) is 22.1 Å². The lowest BCUT2D eigenvalue weighted by Crippen LogP contribution is -2.18. The van der Waals surface area contributed by atoms with Crippen LogP contribution in [0.3, 0.4) is 0 Å². The molecule has 4 N–H and O–H groups in total. The number of rotatable bonds is 3. The fraction of sp³-hybridized carbons (Fsp3) is 0.0769. The number of nitrogens with zero attached hydrogens (tertiary/aromatic N) is 1. The lowest BCUT2D eigenvalue weighted by Gasteiger charge is -2.10. The second-order valence-electron chi connectivity index (χ2n) is 3.98. The zero-order valence-corrected chi connectivity index (χ0v) is 11.0. The molecule has 19 heavy (non-hydrogen) atoms. The first-order valence-electron chi connectivity index (χ1n) is 5.61. The quantitative estimate of drug-likeness (QED) is 0.595. The molecule has 2 rings (SSSR count). The largest absolute Gasteiger partial charge is 0.321 e. The summed E-state index contributed by atoms with van der Waals surface area (Å²) in [6.45, 7) is 1.93. The van der Waals surface area contributed by atoms with Crippen LogP contribution in [0.2, 0.25) is 5.02 Å². The van der Waals surface area contributed by atoms with Gasteiger partial charge in [-0.15, -0.1) is 0 Å². The minimum atomic E-state index is -0.327. The SMILES string of the molecule is Cc1ccc(NC(=O)c2cccnc2NN)c(Cl)c1. The van der Waals surface area contributed by atoms with Gasteiger partial charge >= 0.3 is 0 Å². The van der Waals surface area contributed by atoms with Gasteiger partial charge in [0.1, 0.15) is 0 Å². The predicted octanol–water partition coefficient (Wildman–Crippen LogP) is 2.58. The molecule has 1 heterocycles. The smallest absolute Gasteiger partial charge is 0.259 e. The highest BCUT2D eigenvalue weighted by Gasteiger charge is 2.13. The van der Waals surface area contributed by atoms with Crippen LogP contribution in [0, 0.1) is 6.92 Å². The molecule has 0 aliphatic rings. The van der Waals surface area contributed by atoms with Gasteiger partial charge in [0.25, 0.3) is 5.91 Å². The van der Waals surface area contributed by atoms with Crippen molar-refractivity contribution in [2.24, 2.45) is 5.84 Å². The summed E-state index contributed by atoms with van der Waals surface area (Å²) in [5.74, 6) is 5.29. The van der Waals surface area contributed by atoms with Crippen LogP contribution >= 0.6 is 11.6 Å². The molecule has 0 aliphatic heterocycles. The van der Waals surface area contributed by atoms with E-state index in [1.165, 1.54) is 0 Å². The first kappa shape index (κ1) is 13.3. The van der Waals surface area contributed by atoms with Crippen LogP contribution in [0.5, 0.6) is 0 Å². The summed E-state index contributed by atoms with van der Waals surface area (Å²) in [5.41, 5.74) is 4.30. The molecule has 0 saturated heterocycles. The Kier molecular flexibility index (Phi) is 3.99. The van der Waals surface area contributed by atoms with Gasteiger partial charge in [-0.1, -0.05) is 17.7 Å². The van der Waals surface area contributed by atoms with Crippen LogP contribution in [0.15, 0.2) is 36.5 Å². The molecular weight excluding hydrogens is 264 g/mol. The van der Waals surface area contributed by atoms with Crippen molar-refractivity contribution in [3.63, 3.8) is 0 Å². The van der Waals surface area contributed by atoms with Crippen molar-refractivity contribution >= 4 is 29.0 Å². The number of nitrogens with one attached hydrogen (secondary N) is 2. The molecule has 1 amide bonds. The zero-order valence-electron chi connectivity index (χ0n) is 10.3. The van der Waals surface area contributed by atoms with Gasteiger partial charge in [0, 0.05) is 6.20 Å². The van der Waals surface area contributed by atoms with Crippen molar-refractivity contribution in [3.05, 3.63) is 52.7 Å². The molecule has 1 aromatic carbocycles. The third kappa shape index (κ3) is 3.01. The number of hydrogen-bond acceptors (Lipinski definition) is 4. The molecule has 0 atom stereocenters. The summed E-state index contributed by atoms with van der Waals surface area (Å²) >= 11 is 6.06. The fourth-order valence-electron chi connectivity index (χ4n) is 1.61. The van der Waals surface area contributed by atoms with Crippen molar-refractivity contribution in [3.8, 4) is 0 Å². The zero-order chi connectivity index (χ0) is 13.8. The molecule has 6 heteroatoms. The minimum Gasteiger partial charge on any atom is -0.321 e. The highest BCUT2D eigenvalue weighted by atomic mass is 35.5. The topological polar surface area (TPSA) is 80.0 Å². The normalized spacial score (nSPS) is 10.1. The van der Waals surface area contributed by atoms with Gasteiger partial charge in [-0.05, 0) is 36.8 Å². The second-order valence-corrected chi connectivity index (χ2v) is 4.39. The minimum absolute atomic E-state index is 0.309. The third-order valence-electron chi connectivity index (χ3n) is 2.56. The fourth-order valence-corrected chi connectivity index (χ4v) is 1.90. The number of carbonyl (C=O) groups is 1. The lowest BCUT2D eigenvalue weighted by molar-refractivity contribution is 0.102. The van der Waals surface area contributed by atoms with E-state index in [9.17, 15) is 4.79 Å². The van der Waals surface area contributed by atoms with E-state index < -0.39 is 0 Å². The Labute approximate surface area is 115 Å². The molecule has 5 nitrogen and oxygen atoms in total. The van der Waals surface area contributed by atoms with E-state index in [-0.39, 0.29) is 5.91 Å². The number of carbonyl (C=O) groups excluding carboxylic acids is 1. The van der Waals surface area contributed by atoms with E-state index in [1.54, 1.807) is 30.5 Å². The second kappa shape index (κ2) is 5.69. The highest BCUT2D eigenvalue weighted by Crippen LogP contribution is 2.24. The Morgan fingerprint density at radius 2 is 2.16 bits per heavy atom. The summed E-state index contributed by atoms with van der Waals surface area (Å²) in [4.78, 5) is 16.1. The molecule has 0 bridgehead atoms.